The Morgan fingerprint density at radius 2 is 2.03 bits per heavy atom. The number of rotatable bonds is 7. The second-order valence-electron chi connectivity index (χ2n) is 6.77. The van der Waals surface area contributed by atoms with Gasteiger partial charge in [0.05, 0.1) is 17.4 Å². The number of hydrogen-bond acceptors (Lipinski definition) is 5. The number of phenolic OH excluding ortho intramolecular Hbond substituents is 1. The smallest absolute Gasteiger partial charge is 0.416 e. The molecule has 3 rings (SSSR count). The van der Waals surface area contributed by atoms with Crippen LogP contribution < -0.4 is 15.4 Å². The monoisotopic (exact) mass is 410 g/mol. The first-order valence-corrected chi connectivity index (χ1v) is 9.08. The number of anilines is 1. The lowest BCUT2D eigenvalue weighted by molar-refractivity contribution is -0.137. The quantitative estimate of drug-likeness (QED) is 0.527. The molecule has 6 nitrogen and oxygen atoms in total. The number of phenols is 1. The van der Waals surface area contributed by atoms with Gasteiger partial charge >= 0.3 is 6.18 Å². The molecule has 0 saturated carbocycles. The summed E-state index contributed by atoms with van der Waals surface area (Å²) in [5.74, 6) is -0.162. The van der Waals surface area contributed by atoms with Gasteiger partial charge in [-0.25, -0.2) is 0 Å². The van der Waals surface area contributed by atoms with Crippen molar-refractivity contribution in [3.63, 3.8) is 0 Å². The minimum atomic E-state index is -4.36. The number of nitrogens with one attached hydrogen (secondary N) is 2. The molecule has 2 aromatic carbocycles. The summed E-state index contributed by atoms with van der Waals surface area (Å²) in [6, 6.07) is 7.92. The summed E-state index contributed by atoms with van der Waals surface area (Å²) in [5, 5.41) is 25.8. The molecule has 1 aliphatic heterocycles. The van der Waals surface area contributed by atoms with E-state index in [9.17, 15) is 28.2 Å². The highest BCUT2D eigenvalue weighted by atomic mass is 19.4. The SMILES string of the molecule is O=C1COc2c(cc(O)cc2C(O)CNCCCc2cccc(C(F)(F)F)c2)N1. The third kappa shape index (κ3) is 5.39. The predicted octanol–water partition coefficient (Wildman–Crippen LogP) is 3.00. The first-order chi connectivity index (χ1) is 13.7. The molecule has 0 bridgehead atoms. The van der Waals surface area contributed by atoms with Gasteiger partial charge in [0.25, 0.3) is 5.91 Å². The maximum Gasteiger partial charge on any atom is 0.416 e. The number of fused-ring (bicyclic) bond motifs is 1. The summed E-state index contributed by atoms with van der Waals surface area (Å²) in [6.45, 7) is 0.448. The molecule has 1 atom stereocenters. The van der Waals surface area contributed by atoms with Crippen molar-refractivity contribution >= 4 is 11.6 Å². The number of aryl methyl sites for hydroxylation is 1. The number of hydrogen-bond donors (Lipinski definition) is 4. The third-order valence-electron chi connectivity index (χ3n) is 4.49. The number of amides is 1. The molecule has 4 N–H and O–H groups in total. The van der Waals surface area contributed by atoms with Crippen LogP contribution in [0, 0.1) is 0 Å². The Bertz CT molecular complexity index is 887. The van der Waals surface area contributed by atoms with Gasteiger partial charge in [-0.15, -0.1) is 0 Å². The number of aromatic hydroxyl groups is 1. The molecular formula is C20H21F3N2O4. The van der Waals surface area contributed by atoms with Gasteiger partial charge in [-0.1, -0.05) is 18.2 Å². The first-order valence-electron chi connectivity index (χ1n) is 9.08. The topological polar surface area (TPSA) is 90.8 Å². The maximum atomic E-state index is 12.7. The van der Waals surface area contributed by atoms with Crippen LogP contribution in [0.2, 0.25) is 0 Å². The van der Waals surface area contributed by atoms with Crippen LogP contribution in [-0.4, -0.2) is 35.8 Å². The molecule has 156 valence electrons. The summed E-state index contributed by atoms with van der Waals surface area (Å²) in [7, 11) is 0. The highest BCUT2D eigenvalue weighted by Gasteiger charge is 2.30. The molecule has 0 fully saturated rings. The molecule has 0 saturated heterocycles. The van der Waals surface area contributed by atoms with E-state index in [4.69, 9.17) is 4.74 Å². The van der Waals surface area contributed by atoms with E-state index in [1.807, 2.05) is 0 Å². The van der Waals surface area contributed by atoms with Gasteiger partial charge in [0, 0.05) is 18.2 Å². The van der Waals surface area contributed by atoms with Gasteiger partial charge in [-0.05, 0) is 37.1 Å². The number of halogens is 3. The lowest BCUT2D eigenvalue weighted by Crippen LogP contribution is -2.28. The number of carbonyl (C=O) groups is 1. The van der Waals surface area contributed by atoms with Gasteiger partial charge in [0.2, 0.25) is 0 Å². The molecule has 1 aliphatic rings. The number of alkyl halides is 3. The van der Waals surface area contributed by atoms with E-state index in [2.05, 4.69) is 10.6 Å². The molecule has 1 unspecified atom stereocenters. The molecule has 1 amide bonds. The summed E-state index contributed by atoms with van der Waals surface area (Å²) in [4.78, 5) is 11.4. The van der Waals surface area contributed by atoms with Crippen molar-refractivity contribution in [3.05, 3.63) is 53.1 Å². The fourth-order valence-corrected chi connectivity index (χ4v) is 3.13. The summed E-state index contributed by atoms with van der Waals surface area (Å²) >= 11 is 0. The van der Waals surface area contributed by atoms with E-state index in [-0.39, 0.29) is 24.8 Å². The molecule has 0 spiro atoms. The molecular weight excluding hydrogens is 389 g/mol. The van der Waals surface area contributed by atoms with Crippen LogP contribution in [0.4, 0.5) is 18.9 Å². The highest BCUT2D eigenvalue weighted by Crippen LogP contribution is 2.38. The average molecular weight is 410 g/mol. The van der Waals surface area contributed by atoms with Gasteiger partial charge in [0.15, 0.2) is 6.61 Å². The van der Waals surface area contributed by atoms with E-state index in [1.54, 1.807) is 6.07 Å². The van der Waals surface area contributed by atoms with Gasteiger partial charge in [-0.3, -0.25) is 4.79 Å². The second-order valence-corrected chi connectivity index (χ2v) is 6.77. The Morgan fingerprint density at radius 1 is 1.24 bits per heavy atom. The second kappa shape index (κ2) is 8.71. The van der Waals surface area contributed by atoms with Crippen LogP contribution in [0.15, 0.2) is 36.4 Å². The van der Waals surface area contributed by atoms with E-state index in [0.29, 0.717) is 42.0 Å². The van der Waals surface area contributed by atoms with E-state index < -0.39 is 17.8 Å². The van der Waals surface area contributed by atoms with Crippen molar-refractivity contribution in [2.75, 3.05) is 25.0 Å². The number of benzene rings is 2. The molecule has 0 aromatic heterocycles. The zero-order valence-corrected chi connectivity index (χ0v) is 15.4. The standard InChI is InChI=1S/C20H21F3N2O4/c21-20(22,23)13-5-1-3-12(7-13)4-2-6-24-10-17(27)15-8-14(26)9-16-19(15)29-11-18(28)25-16/h1,3,5,7-9,17,24,26-27H,2,4,6,10-11H2,(H,25,28). The minimum Gasteiger partial charge on any atom is -0.508 e. The summed E-state index contributed by atoms with van der Waals surface area (Å²) < 4.78 is 43.6. The number of carbonyl (C=O) groups excluding carboxylic acids is 1. The zero-order valence-electron chi connectivity index (χ0n) is 15.4. The lowest BCUT2D eigenvalue weighted by Gasteiger charge is -2.23. The van der Waals surface area contributed by atoms with Crippen LogP contribution in [0.5, 0.6) is 11.5 Å². The Kier molecular flexibility index (Phi) is 6.29. The number of ether oxygens (including phenoxy) is 1. The Labute approximate surface area is 165 Å². The average Bonchev–Trinajstić information content (AvgIpc) is 2.66. The van der Waals surface area contributed by atoms with Gasteiger partial charge in [-0.2, -0.15) is 13.2 Å². The van der Waals surface area contributed by atoms with Crippen LogP contribution >= 0.6 is 0 Å². The van der Waals surface area contributed by atoms with Crippen molar-refractivity contribution in [2.45, 2.75) is 25.1 Å². The van der Waals surface area contributed by atoms with Crippen molar-refractivity contribution in [3.8, 4) is 11.5 Å². The van der Waals surface area contributed by atoms with Crippen LogP contribution in [0.3, 0.4) is 0 Å². The van der Waals surface area contributed by atoms with Gasteiger partial charge < -0.3 is 25.6 Å². The minimum absolute atomic E-state index is 0.117. The van der Waals surface area contributed by atoms with Crippen molar-refractivity contribution in [1.29, 1.82) is 0 Å². The predicted molar refractivity (Wildman–Crippen MR) is 99.8 cm³/mol. The van der Waals surface area contributed by atoms with Crippen LogP contribution in [0.25, 0.3) is 0 Å². The number of aliphatic hydroxyl groups excluding tert-OH is 1. The molecule has 2 aromatic rings. The fourth-order valence-electron chi connectivity index (χ4n) is 3.13. The van der Waals surface area contributed by atoms with Crippen molar-refractivity contribution < 1.29 is 32.9 Å². The lowest BCUT2D eigenvalue weighted by atomic mass is 10.0. The van der Waals surface area contributed by atoms with Crippen molar-refractivity contribution in [1.82, 2.24) is 5.32 Å². The largest absolute Gasteiger partial charge is 0.508 e. The Hall–Kier alpha value is -2.78. The molecule has 1 heterocycles. The maximum absolute atomic E-state index is 12.7. The van der Waals surface area contributed by atoms with Crippen LogP contribution in [0.1, 0.15) is 29.2 Å². The van der Waals surface area contributed by atoms with E-state index >= 15 is 0 Å². The summed E-state index contributed by atoms with van der Waals surface area (Å²) in [5.41, 5.74) is 0.553. The van der Waals surface area contributed by atoms with Crippen molar-refractivity contribution in [2.24, 2.45) is 0 Å². The van der Waals surface area contributed by atoms with Gasteiger partial charge in [0.1, 0.15) is 11.5 Å². The fraction of sp³-hybridized carbons (Fsp3) is 0.350. The number of aliphatic hydroxyl groups is 1. The zero-order chi connectivity index (χ0) is 21.0. The first kappa shape index (κ1) is 20.9. The molecule has 29 heavy (non-hydrogen) atoms. The highest BCUT2D eigenvalue weighted by molar-refractivity contribution is 5.96. The molecule has 0 radical (unpaired) electrons. The van der Waals surface area contributed by atoms with E-state index in [1.165, 1.54) is 18.2 Å². The molecule has 0 aliphatic carbocycles. The van der Waals surface area contributed by atoms with Crippen LogP contribution in [-0.2, 0) is 17.4 Å². The summed E-state index contributed by atoms with van der Waals surface area (Å²) in [6.07, 6.45) is -4.32. The Morgan fingerprint density at radius 3 is 2.79 bits per heavy atom. The Balaban J connectivity index is 1.51. The normalized spacial score (nSPS) is 14.7. The van der Waals surface area contributed by atoms with E-state index in [0.717, 1.165) is 12.1 Å². The molecule has 9 heteroatoms. The third-order valence-corrected chi connectivity index (χ3v) is 4.49.